The van der Waals surface area contributed by atoms with Gasteiger partial charge in [-0.1, -0.05) is 5.16 Å². The van der Waals surface area contributed by atoms with Crippen LogP contribution in [0, 0.1) is 0 Å². The molecule has 0 unspecified atom stereocenters. The average molecular weight is 303 g/mol. The number of rotatable bonds is 4. The molecule has 22 heavy (non-hydrogen) atoms. The van der Waals surface area contributed by atoms with Crippen molar-refractivity contribution in [1.29, 1.82) is 0 Å². The summed E-state index contributed by atoms with van der Waals surface area (Å²) in [6.07, 6.45) is 7.70. The topological polar surface area (TPSA) is 69.2 Å². The van der Waals surface area contributed by atoms with Gasteiger partial charge in [-0.15, -0.1) is 0 Å². The molecule has 2 atom stereocenters. The fraction of sp³-hybridized carbons (Fsp3) is 0.667. The minimum atomic E-state index is -0.0523. The third kappa shape index (κ3) is 2.66. The Morgan fingerprint density at radius 1 is 1.36 bits per heavy atom. The van der Waals surface area contributed by atoms with E-state index in [1.165, 1.54) is 12.8 Å². The van der Waals surface area contributed by atoms with Crippen LogP contribution >= 0.6 is 0 Å². The van der Waals surface area contributed by atoms with Gasteiger partial charge in [0.1, 0.15) is 6.10 Å². The van der Waals surface area contributed by atoms with Gasteiger partial charge in [-0.2, -0.15) is 4.98 Å². The summed E-state index contributed by atoms with van der Waals surface area (Å²) < 4.78 is 13.3. The number of imidazole rings is 1. The molecule has 0 saturated carbocycles. The van der Waals surface area contributed by atoms with Crippen molar-refractivity contribution in [2.45, 2.75) is 37.8 Å². The Bertz CT molecular complexity index is 637. The van der Waals surface area contributed by atoms with Crippen molar-refractivity contribution in [2.75, 3.05) is 19.7 Å². The number of morpholine rings is 1. The van der Waals surface area contributed by atoms with E-state index in [1.807, 2.05) is 17.8 Å². The summed E-state index contributed by atoms with van der Waals surface area (Å²) in [5, 5.41) is 4.12. The lowest BCUT2D eigenvalue weighted by Gasteiger charge is -2.33. The number of fused-ring (bicyclic) bond motifs is 1. The van der Waals surface area contributed by atoms with E-state index in [0.29, 0.717) is 17.8 Å². The van der Waals surface area contributed by atoms with Crippen molar-refractivity contribution < 1.29 is 9.26 Å². The first-order valence-corrected chi connectivity index (χ1v) is 7.93. The third-order valence-corrected chi connectivity index (χ3v) is 4.67. The van der Waals surface area contributed by atoms with Gasteiger partial charge >= 0.3 is 0 Å². The highest BCUT2D eigenvalue weighted by Crippen LogP contribution is 2.28. The van der Waals surface area contributed by atoms with Gasteiger partial charge in [-0.25, -0.2) is 4.98 Å². The molecule has 2 aliphatic heterocycles. The van der Waals surface area contributed by atoms with Crippen molar-refractivity contribution in [3.05, 3.63) is 29.9 Å². The highest BCUT2D eigenvalue weighted by molar-refractivity contribution is 5.01. The molecule has 0 radical (unpaired) electrons. The van der Waals surface area contributed by atoms with Crippen LogP contribution in [0.1, 0.15) is 36.4 Å². The van der Waals surface area contributed by atoms with Crippen LogP contribution in [0.3, 0.4) is 0 Å². The minimum Gasteiger partial charge on any atom is -0.367 e. The largest absolute Gasteiger partial charge is 0.367 e. The Morgan fingerprint density at radius 3 is 3.18 bits per heavy atom. The summed E-state index contributed by atoms with van der Waals surface area (Å²) in [5.74, 6) is 1.36. The van der Waals surface area contributed by atoms with Crippen molar-refractivity contribution in [1.82, 2.24) is 24.6 Å². The third-order valence-electron chi connectivity index (χ3n) is 4.67. The summed E-state index contributed by atoms with van der Waals surface area (Å²) in [6, 6.07) is 0.590. The smallest absolute Gasteiger partial charge is 0.227 e. The first-order chi connectivity index (χ1) is 10.8. The fourth-order valence-electron chi connectivity index (χ4n) is 3.33. The molecule has 0 aromatic carbocycles. The number of ether oxygens (including phenoxy) is 1. The zero-order valence-electron chi connectivity index (χ0n) is 12.8. The van der Waals surface area contributed by atoms with Gasteiger partial charge in [0.2, 0.25) is 11.7 Å². The molecular weight excluding hydrogens is 282 g/mol. The monoisotopic (exact) mass is 303 g/mol. The fourth-order valence-corrected chi connectivity index (χ4v) is 3.33. The summed E-state index contributed by atoms with van der Waals surface area (Å²) in [7, 11) is 1.99. The van der Waals surface area contributed by atoms with E-state index < -0.39 is 0 Å². The molecule has 0 amide bonds. The van der Waals surface area contributed by atoms with Gasteiger partial charge in [-0.3, -0.25) is 4.90 Å². The molecule has 2 aliphatic rings. The molecule has 7 heteroatoms. The van der Waals surface area contributed by atoms with Crippen LogP contribution in [-0.2, 0) is 24.6 Å². The Labute approximate surface area is 129 Å². The second-order valence-corrected chi connectivity index (χ2v) is 6.16. The Balaban J connectivity index is 1.38. The van der Waals surface area contributed by atoms with E-state index in [4.69, 9.17) is 9.26 Å². The van der Waals surface area contributed by atoms with Gasteiger partial charge in [0, 0.05) is 37.9 Å². The predicted octanol–water partition coefficient (Wildman–Crippen LogP) is 1.12. The Kier molecular flexibility index (Phi) is 3.67. The number of aryl methyl sites for hydroxylation is 3. The van der Waals surface area contributed by atoms with Gasteiger partial charge in [0.15, 0.2) is 0 Å². The Morgan fingerprint density at radius 2 is 2.32 bits per heavy atom. The average Bonchev–Trinajstić information content (AvgIpc) is 3.25. The number of nitrogens with zero attached hydrogens (tertiary/aromatic N) is 5. The van der Waals surface area contributed by atoms with Crippen LogP contribution in [0.25, 0.3) is 0 Å². The molecule has 0 bridgehead atoms. The van der Waals surface area contributed by atoms with E-state index in [0.717, 1.165) is 38.2 Å². The van der Waals surface area contributed by atoms with Gasteiger partial charge in [0.25, 0.3) is 0 Å². The van der Waals surface area contributed by atoms with Crippen LogP contribution in [0.2, 0.25) is 0 Å². The van der Waals surface area contributed by atoms with E-state index in [-0.39, 0.29) is 6.10 Å². The van der Waals surface area contributed by atoms with Crippen LogP contribution in [0.5, 0.6) is 0 Å². The van der Waals surface area contributed by atoms with Crippen LogP contribution in [0.15, 0.2) is 17.0 Å². The molecule has 2 aromatic heterocycles. The van der Waals surface area contributed by atoms with Crippen LogP contribution in [-0.4, -0.2) is 50.3 Å². The summed E-state index contributed by atoms with van der Waals surface area (Å²) in [4.78, 5) is 11.1. The lowest BCUT2D eigenvalue weighted by molar-refractivity contribution is -0.0548. The predicted molar refractivity (Wildman–Crippen MR) is 78.2 cm³/mol. The summed E-state index contributed by atoms with van der Waals surface area (Å²) >= 11 is 0. The molecule has 0 N–H and O–H groups in total. The van der Waals surface area contributed by atoms with Crippen molar-refractivity contribution >= 4 is 0 Å². The number of aromatic nitrogens is 4. The maximum Gasteiger partial charge on any atom is 0.227 e. The normalized spacial score (nSPS) is 25.5. The zero-order chi connectivity index (χ0) is 14.9. The van der Waals surface area contributed by atoms with Gasteiger partial charge in [-0.05, 0) is 25.8 Å². The first-order valence-electron chi connectivity index (χ1n) is 7.93. The zero-order valence-corrected chi connectivity index (χ0v) is 12.8. The summed E-state index contributed by atoms with van der Waals surface area (Å²) in [6.45, 7) is 2.82. The highest BCUT2D eigenvalue weighted by atomic mass is 16.5. The van der Waals surface area contributed by atoms with Gasteiger partial charge in [0.05, 0.1) is 12.9 Å². The second kappa shape index (κ2) is 5.81. The standard InChI is InChI=1S/C15H21N5O2/c1-19-10-16-7-11(19)4-5-14-17-15(18-22-14)13-8-20-6-2-3-12(20)9-21-13/h7,10,12-13H,2-6,8-9H2,1H3/t12-,13+/m0/s1. The first kappa shape index (κ1) is 13.9. The molecule has 4 rings (SSSR count). The molecular formula is C15H21N5O2. The van der Waals surface area contributed by atoms with Crippen LogP contribution < -0.4 is 0 Å². The molecule has 2 aromatic rings. The second-order valence-electron chi connectivity index (χ2n) is 6.16. The minimum absolute atomic E-state index is 0.0523. The van der Waals surface area contributed by atoms with E-state index in [9.17, 15) is 0 Å². The summed E-state index contributed by atoms with van der Waals surface area (Å²) in [5.41, 5.74) is 1.16. The maximum absolute atomic E-state index is 5.92. The Hall–Kier alpha value is -1.73. The molecule has 118 valence electrons. The SMILES string of the molecule is Cn1cncc1CCc1nc([C@H]2CN3CCC[C@H]3CO2)no1. The lowest BCUT2D eigenvalue weighted by atomic mass is 10.2. The highest BCUT2D eigenvalue weighted by Gasteiger charge is 2.34. The molecule has 7 nitrogen and oxygen atoms in total. The van der Waals surface area contributed by atoms with E-state index >= 15 is 0 Å². The molecule has 2 fully saturated rings. The quantitative estimate of drug-likeness (QED) is 0.843. The van der Waals surface area contributed by atoms with Crippen molar-refractivity contribution in [2.24, 2.45) is 7.05 Å². The number of hydrogen-bond donors (Lipinski definition) is 0. The number of hydrogen-bond acceptors (Lipinski definition) is 6. The molecule has 0 aliphatic carbocycles. The molecule has 0 spiro atoms. The van der Waals surface area contributed by atoms with Crippen molar-refractivity contribution in [3.63, 3.8) is 0 Å². The van der Waals surface area contributed by atoms with Crippen molar-refractivity contribution in [3.8, 4) is 0 Å². The molecule has 2 saturated heterocycles. The van der Waals surface area contributed by atoms with Gasteiger partial charge < -0.3 is 13.8 Å². The van der Waals surface area contributed by atoms with Crippen LogP contribution in [0.4, 0.5) is 0 Å². The maximum atomic E-state index is 5.92. The van der Waals surface area contributed by atoms with E-state index in [1.54, 1.807) is 6.33 Å². The lowest BCUT2D eigenvalue weighted by Crippen LogP contribution is -2.42. The van der Waals surface area contributed by atoms with E-state index in [2.05, 4.69) is 20.0 Å². The molecule has 4 heterocycles.